The highest BCUT2D eigenvalue weighted by atomic mass is 28.4. The molecule has 1 aliphatic heterocycles. The van der Waals surface area contributed by atoms with Crippen molar-refractivity contribution >= 4 is 30.1 Å². The summed E-state index contributed by atoms with van der Waals surface area (Å²) in [5.74, 6) is -2.05. The molecule has 1 fully saturated rings. The van der Waals surface area contributed by atoms with Crippen molar-refractivity contribution in [3.8, 4) is 0 Å². The van der Waals surface area contributed by atoms with Gasteiger partial charge in [0.05, 0.1) is 30.8 Å². The van der Waals surface area contributed by atoms with Crippen LogP contribution in [0.4, 0.5) is 14.5 Å². The summed E-state index contributed by atoms with van der Waals surface area (Å²) in [6, 6.07) is 24.9. The van der Waals surface area contributed by atoms with Crippen LogP contribution in [0, 0.1) is 11.6 Å². The van der Waals surface area contributed by atoms with Crippen molar-refractivity contribution in [2.75, 3.05) is 18.0 Å². The van der Waals surface area contributed by atoms with Crippen LogP contribution >= 0.6 is 0 Å². The van der Waals surface area contributed by atoms with Crippen molar-refractivity contribution in [3.63, 3.8) is 0 Å². The molecule has 1 aliphatic rings. The highest BCUT2D eigenvalue weighted by Crippen LogP contribution is 2.39. The van der Waals surface area contributed by atoms with Crippen LogP contribution in [0.5, 0.6) is 0 Å². The number of anilines is 1. The molecule has 1 N–H and O–H groups in total. The number of hydrogen-bond donors (Lipinski definition) is 1. The second kappa shape index (κ2) is 12.4. The third-order valence-electron chi connectivity index (χ3n) is 7.97. The summed E-state index contributed by atoms with van der Waals surface area (Å²) in [7, 11) is -3.03. The maximum Gasteiger partial charge on any atom is 0.261 e. The van der Waals surface area contributed by atoms with E-state index in [1.807, 2.05) is 55.1 Å². The van der Waals surface area contributed by atoms with E-state index in [4.69, 9.17) is 13.6 Å². The van der Waals surface area contributed by atoms with Crippen molar-refractivity contribution in [3.05, 3.63) is 114 Å². The second-order valence-corrected chi connectivity index (χ2v) is 16.4. The molecule has 0 spiro atoms. The summed E-state index contributed by atoms with van der Waals surface area (Å²) in [6.45, 7) is 11.1. The van der Waals surface area contributed by atoms with Gasteiger partial charge in [-0.2, -0.15) is 0 Å². The number of nitrogens with zero attached hydrogens (tertiary/aromatic N) is 2. The largest absolute Gasteiger partial charge is 0.463 e. The first kappa shape index (κ1) is 30.7. The van der Waals surface area contributed by atoms with Crippen LogP contribution in [0.25, 0.3) is 0 Å². The highest BCUT2D eigenvalue weighted by molar-refractivity contribution is 6.99. The molecule has 3 aromatic carbocycles. The van der Waals surface area contributed by atoms with Crippen LogP contribution in [0.1, 0.15) is 51.5 Å². The minimum atomic E-state index is -3.03. The van der Waals surface area contributed by atoms with E-state index in [0.717, 1.165) is 10.4 Å². The molecule has 9 heteroatoms. The zero-order chi connectivity index (χ0) is 30.8. The lowest BCUT2D eigenvalue weighted by molar-refractivity contribution is -0.00553. The van der Waals surface area contributed by atoms with E-state index < -0.39 is 20.0 Å². The van der Waals surface area contributed by atoms with Crippen LogP contribution in [0.3, 0.4) is 0 Å². The molecule has 2 atom stereocenters. The SMILES string of the molecule is C[C@@H]1CN(c2c(CO[Si](c3ccccc3)(c3ccccc3)C(C)(C)C)cc(C(=NO)c3ccco3)c(F)c2F)C[C@H](C)O1. The Morgan fingerprint density at radius 3 is 2.00 bits per heavy atom. The Morgan fingerprint density at radius 1 is 0.930 bits per heavy atom. The number of oxime groups is 1. The number of benzene rings is 3. The molecule has 0 saturated carbocycles. The average molecular weight is 605 g/mol. The molecular formula is C34H38F2N2O4Si. The first-order valence-electron chi connectivity index (χ1n) is 14.5. The fraction of sp³-hybridized carbons (Fsp3) is 0.324. The molecule has 0 radical (unpaired) electrons. The fourth-order valence-corrected chi connectivity index (χ4v) is 10.8. The van der Waals surface area contributed by atoms with Gasteiger partial charge in [-0.25, -0.2) is 8.78 Å². The summed E-state index contributed by atoms with van der Waals surface area (Å²) in [5.41, 5.74) is 0.145. The lowest BCUT2D eigenvalue weighted by atomic mass is 10.0. The summed E-state index contributed by atoms with van der Waals surface area (Å²) in [5, 5.41) is 15.0. The molecule has 0 aliphatic carbocycles. The maximum atomic E-state index is 16.3. The zero-order valence-corrected chi connectivity index (χ0v) is 26.2. The van der Waals surface area contributed by atoms with E-state index in [1.165, 1.54) is 18.4 Å². The van der Waals surface area contributed by atoms with Crippen LogP contribution in [-0.4, -0.2) is 44.5 Å². The Bertz CT molecular complexity index is 1510. The van der Waals surface area contributed by atoms with Gasteiger partial charge in [-0.1, -0.05) is 86.6 Å². The standard InChI is InChI=1S/C34H38F2N2O4Si/c1-23-20-38(21-24(2)42-23)33-25(19-28(30(35)31(33)36)32(37-39)29-17-12-18-40-29)22-41-43(34(3,4)5,26-13-8-6-9-14-26)27-15-10-7-11-16-27/h6-19,23-24,39H,20-22H2,1-5H3/t23-,24+. The highest BCUT2D eigenvalue weighted by Gasteiger charge is 2.50. The third kappa shape index (κ3) is 5.89. The molecule has 226 valence electrons. The molecular weight excluding hydrogens is 566 g/mol. The van der Waals surface area contributed by atoms with Crippen molar-refractivity contribution < 1.29 is 27.6 Å². The van der Waals surface area contributed by atoms with Gasteiger partial charge in [0.15, 0.2) is 23.1 Å². The van der Waals surface area contributed by atoms with E-state index >= 15 is 8.78 Å². The number of morpholine rings is 1. The first-order chi connectivity index (χ1) is 20.6. The van der Waals surface area contributed by atoms with E-state index in [1.54, 1.807) is 6.07 Å². The molecule has 4 aromatic rings. The molecule has 1 saturated heterocycles. The fourth-order valence-electron chi connectivity index (χ4n) is 6.25. The van der Waals surface area contributed by atoms with E-state index in [-0.39, 0.29) is 46.6 Å². The molecule has 0 bridgehead atoms. The third-order valence-corrected chi connectivity index (χ3v) is 12.9. The van der Waals surface area contributed by atoms with Gasteiger partial charge in [-0.15, -0.1) is 0 Å². The van der Waals surface area contributed by atoms with Crippen molar-refractivity contribution in [2.24, 2.45) is 5.16 Å². The Hall–Kier alpha value is -3.79. The molecule has 1 aromatic heterocycles. The van der Waals surface area contributed by atoms with Crippen LogP contribution < -0.4 is 15.3 Å². The van der Waals surface area contributed by atoms with Gasteiger partial charge in [0.25, 0.3) is 8.32 Å². The maximum absolute atomic E-state index is 16.3. The Kier molecular flexibility index (Phi) is 8.87. The number of halogens is 2. The van der Waals surface area contributed by atoms with Gasteiger partial charge >= 0.3 is 0 Å². The van der Waals surface area contributed by atoms with Gasteiger partial charge in [-0.05, 0) is 47.5 Å². The van der Waals surface area contributed by atoms with Gasteiger partial charge in [0, 0.05) is 24.2 Å². The molecule has 5 rings (SSSR count). The van der Waals surface area contributed by atoms with E-state index in [2.05, 4.69) is 50.2 Å². The Morgan fingerprint density at radius 2 is 1.51 bits per heavy atom. The summed E-state index contributed by atoms with van der Waals surface area (Å²) < 4.78 is 50.7. The molecule has 0 unspecified atom stereocenters. The lowest BCUT2D eigenvalue weighted by Gasteiger charge is -2.43. The number of rotatable bonds is 8. The summed E-state index contributed by atoms with van der Waals surface area (Å²) >= 11 is 0. The molecule has 43 heavy (non-hydrogen) atoms. The Labute approximate surface area is 252 Å². The molecule has 0 amide bonds. The Balaban J connectivity index is 1.70. The van der Waals surface area contributed by atoms with Crippen LogP contribution in [0.2, 0.25) is 5.04 Å². The van der Waals surface area contributed by atoms with Gasteiger partial charge < -0.3 is 23.7 Å². The van der Waals surface area contributed by atoms with E-state index in [9.17, 15) is 5.21 Å². The quantitative estimate of drug-likeness (QED) is 0.108. The van der Waals surface area contributed by atoms with Crippen molar-refractivity contribution in [2.45, 2.75) is 58.5 Å². The monoisotopic (exact) mass is 604 g/mol. The predicted molar refractivity (Wildman–Crippen MR) is 167 cm³/mol. The number of furan rings is 1. The van der Waals surface area contributed by atoms with Crippen LogP contribution in [-0.2, 0) is 15.8 Å². The van der Waals surface area contributed by atoms with Crippen molar-refractivity contribution in [1.82, 2.24) is 0 Å². The summed E-state index contributed by atoms with van der Waals surface area (Å²) in [6.07, 6.45) is 1.01. The van der Waals surface area contributed by atoms with Gasteiger partial charge in [0.1, 0.15) is 0 Å². The topological polar surface area (TPSA) is 67.4 Å². The molecule has 6 nitrogen and oxygen atoms in total. The summed E-state index contributed by atoms with van der Waals surface area (Å²) in [4.78, 5) is 1.83. The normalized spacial score (nSPS) is 18.2. The van der Waals surface area contributed by atoms with Crippen molar-refractivity contribution in [1.29, 1.82) is 0 Å². The minimum Gasteiger partial charge on any atom is -0.463 e. The minimum absolute atomic E-state index is 0.0101. The smallest absolute Gasteiger partial charge is 0.261 e. The van der Waals surface area contributed by atoms with Crippen LogP contribution in [0.15, 0.2) is 94.7 Å². The van der Waals surface area contributed by atoms with E-state index in [0.29, 0.717) is 18.7 Å². The predicted octanol–water partition coefficient (Wildman–Crippen LogP) is 6.47. The zero-order valence-electron chi connectivity index (χ0n) is 25.2. The van der Waals surface area contributed by atoms with Gasteiger partial charge in [0.2, 0.25) is 0 Å². The number of hydrogen-bond acceptors (Lipinski definition) is 6. The van der Waals surface area contributed by atoms with Gasteiger partial charge in [-0.3, -0.25) is 0 Å². The first-order valence-corrected chi connectivity index (χ1v) is 16.4. The lowest BCUT2D eigenvalue weighted by Crippen LogP contribution is -2.66. The number of ether oxygens (including phenoxy) is 1. The molecule has 2 heterocycles. The average Bonchev–Trinajstić information content (AvgIpc) is 3.51. The second-order valence-electron chi connectivity index (χ2n) is 12.1.